The lowest BCUT2D eigenvalue weighted by Crippen LogP contribution is -2.40. The second-order valence-electron chi connectivity index (χ2n) is 4.17. The molecule has 118 valence electrons. The third kappa shape index (κ3) is 3.66. The monoisotopic (exact) mass is 345 g/mol. The highest BCUT2D eigenvalue weighted by Crippen LogP contribution is 2.36. The van der Waals surface area contributed by atoms with Crippen molar-refractivity contribution >= 4 is 27.6 Å². The first kappa shape index (κ1) is 17.7. The van der Waals surface area contributed by atoms with Gasteiger partial charge < -0.3 is 5.11 Å². The van der Waals surface area contributed by atoms with Crippen molar-refractivity contribution in [1.82, 2.24) is 4.31 Å². The molecule has 1 unspecified atom stereocenters. The highest BCUT2D eigenvalue weighted by molar-refractivity contribution is 7.89. The molecule has 0 saturated carbocycles. The van der Waals surface area contributed by atoms with Gasteiger partial charge in [-0.3, -0.25) is 4.79 Å². The van der Waals surface area contributed by atoms with E-state index in [0.29, 0.717) is 16.4 Å². The van der Waals surface area contributed by atoms with Crippen LogP contribution in [0.15, 0.2) is 23.1 Å². The maximum absolute atomic E-state index is 12.9. The maximum Gasteiger partial charge on any atom is 0.417 e. The van der Waals surface area contributed by atoms with Gasteiger partial charge in [-0.1, -0.05) is 11.6 Å². The number of alkyl halides is 3. The summed E-state index contributed by atoms with van der Waals surface area (Å²) in [5.74, 6) is -1.49. The third-order valence-corrected chi connectivity index (χ3v) is 5.01. The minimum atomic E-state index is -4.92. The number of rotatable bonds is 4. The van der Waals surface area contributed by atoms with Gasteiger partial charge in [0.15, 0.2) is 0 Å². The second-order valence-corrected chi connectivity index (χ2v) is 6.58. The largest absolute Gasteiger partial charge is 0.480 e. The summed E-state index contributed by atoms with van der Waals surface area (Å²) < 4.78 is 63.4. The molecule has 0 bridgehead atoms. The molecule has 0 aromatic heterocycles. The van der Waals surface area contributed by atoms with E-state index >= 15 is 0 Å². The van der Waals surface area contributed by atoms with Gasteiger partial charge in [-0.05, 0) is 25.1 Å². The first-order valence-electron chi connectivity index (χ1n) is 5.46. The first-order valence-corrected chi connectivity index (χ1v) is 7.28. The molecule has 0 fully saturated rings. The third-order valence-electron chi connectivity index (χ3n) is 2.81. The molecule has 1 rings (SSSR count). The molecule has 1 aromatic carbocycles. The molecule has 0 aliphatic heterocycles. The van der Waals surface area contributed by atoms with Crippen molar-refractivity contribution in [2.24, 2.45) is 0 Å². The van der Waals surface area contributed by atoms with Crippen LogP contribution in [0, 0.1) is 0 Å². The van der Waals surface area contributed by atoms with E-state index < -0.39 is 38.7 Å². The Kier molecular flexibility index (Phi) is 4.91. The summed E-state index contributed by atoms with van der Waals surface area (Å²) in [4.78, 5) is 9.73. The zero-order valence-corrected chi connectivity index (χ0v) is 12.4. The SMILES string of the molecule is CC(C(=O)O)N(C)S(=O)(=O)c1cc(Cl)ccc1C(F)(F)F. The lowest BCUT2D eigenvalue weighted by molar-refractivity contribution is -0.140. The zero-order chi connectivity index (χ0) is 16.6. The minimum Gasteiger partial charge on any atom is -0.480 e. The van der Waals surface area contributed by atoms with E-state index in [0.717, 1.165) is 20.0 Å². The summed E-state index contributed by atoms with van der Waals surface area (Å²) in [5.41, 5.74) is -1.41. The number of benzene rings is 1. The van der Waals surface area contributed by atoms with Gasteiger partial charge in [0.25, 0.3) is 0 Å². The molecule has 0 amide bonds. The number of carboxylic acid groups (broad SMARTS) is 1. The molecule has 1 atom stereocenters. The molecule has 0 spiro atoms. The Hall–Kier alpha value is -1.32. The van der Waals surface area contributed by atoms with Crippen LogP contribution >= 0.6 is 11.6 Å². The quantitative estimate of drug-likeness (QED) is 0.909. The van der Waals surface area contributed by atoms with Crippen LogP contribution in [0.1, 0.15) is 12.5 Å². The van der Waals surface area contributed by atoms with E-state index in [9.17, 15) is 26.4 Å². The lowest BCUT2D eigenvalue weighted by atomic mass is 10.2. The van der Waals surface area contributed by atoms with E-state index in [1.54, 1.807) is 0 Å². The number of likely N-dealkylation sites (N-methyl/N-ethyl adjacent to an activating group) is 1. The van der Waals surface area contributed by atoms with Crippen molar-refractivity contribution in [3.63, 3.8) is 0 Å². The van der Waals surface area contributed by atoms with Crippen LogP contribution in [-0.2, 0) is 21.0 Å². The maximum atomic E-state index is 12.9. The Labute approximate surface area is 124 Å². The van der Waals surface area contributed by atoms with Crippen LogP contribution in [0.5, 0.6) is 0 Å². The molecule has 10 heteroatoms. The topological polar surface area (TPSA) is 74.7 Å². The Morgan fingerprint density at radius 3 is 2.33 bits per heavy atom. The summed E-state index contributed by atoms with van der Waals surface area (Å²) in [6, 6.07) is 0.554. The Morgan fingerprint density at radius 2 is 1.90 bits per heavy atom. The van der Waals surface area contributed by atoms with E-state index in [1.165, 1.54) is 0 Å². The second kappa shape index (κ2) is 5.82. The number of carboxylic acids is 1. The molecule has 0 aliphatic carbocycles. The van der Waals surface area contributed by atoms with Gasteiger partial charge >= 0.3 is 12.1 Å². The lowest BCUT2D eigenvalue weighted by Gasteiger charge is -2.23. The highest BCUT2D eigenvalue weighted by Gasteiger charge is 2.40. The van der Waals surface area contributed by atoms with Crippen LogP contribution < -0.4 is 0 Å². The molecule has 21 heavy (non-hydrogen) atoms. The zero-order valence-electron chi connectivity index (χ0n) is 10.8. The highest BCUT2D eigenvalue weighted by atomic mass is 35.5. The first-order chi connectivity index (χ1) is 9.39. The summed E-state index contributed by atoms with van der Waals surface area (Å²) in [5, 5.41) is 8.58. The molecule has 0 heterocycles. The van der Waals surface area contributed by atoms with Gasteiger partial charge in [0.1, 0.15) is 6.04 Å². The average molecular weight is 346 g/mol. The fourth-order valence-electron chi connectivity index (χ4n) is 1.46. The standard InChI is InChI=1S/C11H11ClF3NO4S/c1-6(10(17)18)16(2)21(19,20)9-5-7(12)3-4-8(9)11(13,14)15/h3-6H,1-2H3,(H,17,18). The van der Waals surface area contributed by atoms with Gasteiger partial charge in [0, 0.05) is 12.1 Å². The predicted molar refractivity (Wildman–Crippen MR) is 68.5 cm³/mol. The van der Waals surface area contributed by atoms with Crippen LogP contribution in [0.3, 0.4) is 0 Å². The normalized spacial score (nSPS) is 14.2. The summed E-state index contributed by atoms with van der Waals surface area (Å²) in [7, 11) is -3.79. The van der Waals surface area contributed by atoms with Crippen LogP contribution in [-0.4, -0.2) is 36.9 Å². The van der Waals surface area contributed by atoms with E-state index in [2.05, 4.69) is 0 Å². The van der Waals surface area contributed by atoms with Gasteiger partial charge in [-0.15, -0.1) is 0 Å². The molecular weight excluding hydrogens is 335 g/mol. The number of nitrogens with zero attached hydrogens (tertiary/aromatic N) is 1. The predicted octanol–water partition coefficient (Wildman–Crippen LogP) is 2.45. The Bertz CT molecular complexity index is 660. The Balaban J connectivity index is 3.51. The van der Waals surface area contributed by atoms with Crippen molar-refractivity contribution < 1.29 is 31.5 Å². The van der Waals surface area contributed by atoms with Crippen LogP contribution in [0.25, 0.3) is 0 Å². The van der Waals surface area contributed by atoms with Crippen molar-refractivity contribution in [2.45, 2.75) is 24.0 Å². The van der Waals surface area contributed by atoms with Gasteiger partial charge in [-0.2, -0.15) is 17.5 Å². The molecule has 1 aromatic rings. The van der Waals surface area contributed by atoms with Crippen molar-refractivity contribution in [3.8, 4) is 0 Å². The fourth-order valence-corrected chi connectivity index (χ4v) is 3.25. The summed E-state index contributed by atoms with van der Waals surface area (Å²) in [6.45, 7) is 1.04. The Morgan fingerprint density at radius 1 is 1.38 bits per heavy atom. The number of carbonyl (C=O) groups is 1. The van der Waals surface area contributed by atoms with Crippen LogP contribution in [0.4, 0.5) is 13.2 Å². The number of hydrogen-bond donors (Lipinski definition) is 1. The number of hydrogen-bond acceptors (Lipinski definition) is 3. The van der Waals surface area contributed by atoms with E-state index in [-0.39, 0.29) is 5.02 Å². The van der Waals surface area contributed by atoms with E-state index in [4.69, 9.17) is 16.7 Å². The van der Waals surface area contributed by atoms with Crippen molar-refractivity contribution in [1.29, 1.82) is 0 Å². The molecule has 0 aliphatic rings. The number of aliphatic carboxylic acids is 1. The average Bonchev–Trinajstić information content (AvgIpc) is 2.35. The molecule has 1 N–H and O–H groups in total. The van der Waals surface area contributed by atoms with Crippen molar-refractivity contribution in [2.75, 3.05) is 7.05 Å². The number of sulfonamides is 1. The van der Waals surface area contributed by atoms with Gasteiger partial charge in [0.05, 0.1) is 10.5 Å². The van der Waals surface area contributed by atoms with Crippen molar-refractivity contribution in [3.05, 3.63) is 28.8 Å². The van der Waals surface area contributed by atoms with E-state index in [1.807, 2.05) is 0 Å². The molecule has 0 radical (unpaired) electrons. The smallest absolute Gasteiger partial charge is 0.417 e. The van der Waals surface area contributed by atoms with Crippen LogP contribution in [0.2, 0.25) is 5.02 Å². The minimum absolute atomic E-state index is 0.210. The summed E-state index contributed by atoms with van der Waals surface area (Å²) >= 11 is 5.55. The number of halogens is 4. The molecule has 5 nitrogen and oxygen atoms in total. The molecular formula is C11H11ClF3NO4S. The molecule has 0 saturated heterocycles. The summed E-state index contributed by atoms with van der Waals surface area (Å²) in [6.07, 6.45) is -4.92. The fraction of sp³-hybridized carbons (Fsp3) is 0.364. The van der Waals surface area contributed by atoms with Gasteiger partial charge in [-0.25, -0.2) is 8.42 Å². The van der Waals surface area contributed by atoms with Gasteiger partial charge in [0.2, 0.25) is 10.0 Å².